The van der Waals surface area contributed by atoms with Gasteiger partial charge in [0.15, 0.2) is 0 Å². The van der Waals surface area contributed by atoms with Crippen molar-refractivity contribution in [2.24, 2.45) is 5.92 Å². The van der Waals surface area contributed by atoms with Crippen LogP contribution in [0.2, 0.25) is 0 Å². The van der Waals surface area contributed by atoms with Crippen LogP contribution < -0.4 is 11.1 Å². The molecule has 0 radical (unpaired) electrons. The van der Waals surface area contributed by atoms with E-state index in [9.17, 15) is 0 Å². The van der Waals surface area contributed by atoms with Gasteiger partial charge in [0.05, 0.1) is 0 Å². The summed E-state index contributed by atoms with van der Waals surface area (Å²) in [7, 11) is 2.20. The van der Waals surface area contributed by atoms with Gasteiger partial charge in [-0.1, -0.05) is 0 Å². The van der Waals surface area contributed by atoms with Gasteiger partial charge in [0.2, 0.25) is 5.95 Å². The number of piperidine rings is 1. The molecule has 1 saturated heterocycles. The summed E-state index contributed by atoms with van der Waals surface area (Å²) >= 11 is 0. The zero-order valence-electron chi connectivity index (χ0n) is 11.3. The molecule has 2 heterocycles. The highest BCUT2D eigenvalue weighted by Gasteiger charge is 2.16. The molecule has 1 aromatic rings. The van der Waals surface area contributed by atoms with E-state index in [0.29, 0.717) is 5.95 Å². The fourth-order valence-corrected chi connectivity index (χ4v) is 2.38. The van der Waals surface area contributed by atoms with E-state index in [-0.39, 0.29) is 0 Å². The second-order valence-electron chi connectivity index (χ2n) is 5.22. The summed E-state index contributed by atoms with van der Waals surface area (Å²) in [6.45, 7) is 5.41. The second kappa shape index (κ2) is 6.00. The van der Waals surface area contributed by atoms with E-state index in [1.807, 2.05) is 6.92 Å². The Morgan fingerprint density at radius 3 is 2.89 bits per heavy atom. The Kier molecular flexibility index (Phi) is 4.36. The second-order valence-corrected chi connectivity index (χ2v) is 5.22. The highest BCUT2D eigenvalue weighted by Crippen LogP contribution is 2.20. The lowest BCUT2D eigenvalue weighted by Crippen LogP contribution is -2.30. The fraction of sp³-hybridized carbons (Fsp3) is 0.692. The zero-order chi connectivity index (χ0) is 13.0. The Labute approximate surface area is 109 Å². The van der Waals surface area contributed by atoms with Gasteiger partial charge in [0, 0.05) is 18.3 Å². The smallest absolute Gasteiger partial charge is 0.221 e. The predicted octanol–water partition coefficient (Wildman–Crippen LogP) is 1.51. The topological polar surface area (TPSA) is 67.1 Å². The maximum atomic E-state index is 5.59. The standard InChI is InChI=1S/C13H23N5/c1-10-9-16-13(14)17-12(10)15-6-3-11-4-7-18(2)8-5-11/h9,11H,3-8H2,1-2H3,(H3,14,15,16,17). The number of nitrogens with two attached hydrogens (primary N) is 1. The maximum absolute atomic E-state index is 5.59. The Morgan fingerprint density at radius 1 is 1.44 bits per heavy atom. The van der Waals surface area contributed by atoms with Crippen LogP contribution in [0.1, 0.15) is 24.8 Å². The summed E-state index contributed by atoms with van der Waals surface area (Å²) in [5.41, 5.74) is 6.64. The molecule has 0 bridgehead atoms. The number of hydrogen-bond donors (Lipinski definition) is 2. The van der Waals surface area contributed by atoms with E-state index in [1.165, 1.54) is 32.4 Å². The minimum Gasteiger partial charge on any atom is -0.370 e. The van der Waals surface area contributed by atoms with E-state index in [1.54, 1.807) is 6.20 Å². The van der Waals surface area contributed by atoms with Gasteiger partial charge >= 0.3 is 0 Å². The number of aromatic nitrogens is 2. The lowest BCUT2D eigenvalue weighted by Gasteiger charge is -2.28. The van der Waals surface area contributed by atoms with Gasteiger partial charge in [0.1, 0.15) is 5.82 Å². The van der Waals surface area contributed by atoms with Gasteiger partial charge in [-0.25, -0.2) is 4.98 Å². The van der Waals surface area contributed by atoms with E-state index in [2.05, 4.69) is 27.2 Å². The number of aryl methyl sites for hydroxylation is 1. The van der Waals surface area contributed by atoms with Gasteiger partial charge in [0.25, 0.3) is 0 Å². The van der Waals surface area contributed by atoms with Gasteiger partial charge < -0.3 is 16.0 Å². The molecule has 1 aliphatic heterocycles. The Hall–Kier alpha value is -1.36. The lowest BCUT2D eigenvalue weighted by atomic mass is 9.94. The predicted molar refractivity (Wildman–Crippen MR) is 74.5 cm³/mol. The number of nitrogen functional groups attached to an aromatic ring is 1. The average Bonchev–Trinajstić information content (AvgIpc) is 2.36. The molecule has 5 nitrogen and oxygen atoms in total. The van der Waals surface area contributed by atoms with E-state index < -0.39 is 0 Å². The molecule has 0 unspecified atom stereocenters. The van der Waals surface area contributed by atoms with Gasteiger partial charge in [-0.05, 0) is 52.2 Å². The van der Waals surface area contributed by atoms with Gasteiger partial charge in [-0.15, -0.1) is 0 Å². The highest BCUT2D eigenvalue weighted by atomic mass is 15.1. The molecule has 0 aliphatic carbocycles. The number of nitrogens with zero attached hydrogens (tertiary/aromatic N) is 3. The maximum Gasteiger partial charge on any atom is 0.221 e. The summed E-state index contributed by atoms with van der Waals surface area (Å²) in [6.07, 6.45) is 5.59. The molecule has 0 amide bonds. The third-order valence-corrected chi connectivity index (χ3v) is 3.67. The van der Waals surface area contributed by atoms with E-state index in [4.69, 9.17) is 5.73 Å². The van der Waals surface area contributed by atoms with Crippen LogP contribution in [0, 0.1) is 12.8 Å². The van der Waals surface area contributed by atoms with Crippen molar-refractivity contribution < 1.29 is 0 Å². The van der Waals surface area contributed by atoms with Crippen molar-refractivity contribution in [2.45, 2.75) is 26.2 Å². The number of rotatable bonds is 4. The first kappa shape index (κ1) is 13.1. The minimum absolute atomic E-state index is 0.336. The average molecular weight is 249 g/mol. The van der Waals surface area contributed by atoms with Crippen molar-refractivity contribution in [1.29, 1.82) is 0 Å². The normalized spacial score (nSPS) is 17.9. The van der Waals surface area contributed by atoms with Crippen molar-refractivity contribution in [3.05, 3.63) is 11.8 Å². The van der Waals surface area contributed by atoms with Crippen molar-refractivity contribution in [3.63, 3.8) is 0 Å². The molecule has 0 atom stereocenters. The third kappa shape index (κ3) is 3.57. The fourth-order valence-electron chi connectivity index (χ4n) is 2.38. The molecule has 3 N–H and O–H groups in total. The van der Waals surface area contributed by atoms with Crippen LogP contribution >= 0.6 is 0 Å². The molecule has 0 spiro atoms. The largest absolute Gasteiger partial charge is 0.370 e. The van der Waals surface area contributed by atoms with E-state index in [0.717, 1.165) is 23.8 Å². The number of likely N-dealkylation sites (tertiary alicyclic amines) is 1. The number of anilines is 2. The first-order valence-electron chi connectivity index (χ1n) is 6.66. The minimum atomic E-state index is 0.336. The molecule has 0 saturated carbocycles. The SMILES string of the molecule is Cc1cnc(N)nc1NCCC1CCN(C)CC1. The third-order valence-electron chi connectivity index (χ3n) is 3.67. The molecule has 0 aromatic carbocycles. The summed E-state index contributed by atoms with van der Waals surface area (Å²) < 4.78 is 0. The molecular weight excluding hydrogens is 226 g/mol. The van der Waals surface area contributed by atoms with Crippen molar-refractivity contribution in [1.82, 2.24) is 14.9 Å². The zero-order valence-corrected chi connectivity index (χ0v) is 11.3. The summed E-state index contributed by atoms with van der Waals surface area (Å²) in [5.74, 6) is 2.05. The first-order chi connectivity index (χ1) is 8.65. The summed E-state index contributed by atoms with van der Waals surface area (Å²) in [6, 6.07) is 0. The van der Waals surface area contributed by atoms with Crippen LogP contribution in [0.4, 0.5) is 11.8 Å². The first-order valence-corrected chi connectivity index (χ1v) is 6.66. The highest BCUT2D eigenvalue weighted by molar-refractivity contribution is 5.44. The number of hydrogen-bond acceptors (Lipinski definition) is 5. The van der Waals surface area contributed by atoms with Crippen LogP contribution in [0.15, 0.2) is 6.20 Å². The molecule has 2 rings (SSSR count). The summed E-state index contributed by atoms with van der Waals surface area (Å²) in [5, 5.41) is 3.37. The van der Waals surface area contributed by atoms with Crippen molar-refractivity contribution in [2.75, 3.05) is 37.7 Å². The Bertz CT molecular complexity index is 385. The van der Waals surface area contributed by atoms with Gasteiger partial charge in [-0.3, -0.25) is 0 Å². The molecule has 1 aliphatic rings. The molecule has 5 heteroatoms. The quantitative estimate of drug-likeness (QED) is 0.846. The molecular formula is C13H23N5. The number of nitrogens with one attached hydrogen (secondary N) is 1. The molecule has 1 aromatic heterocycles. The van der Waals surface area contributed by atoms with Crippen LogP contribution in [-0.4, -0.2) is 41.5 Å². The van der Waals surface area contributed by atoms with E-state index >= 15 is 0 Å². The summed E-state index contributed by atoms with van der Waals surface area (Å²) in [4.78, 5) is 10.6. The molecule has 18 heavy (non-hydrogen) atoms. The van der Waals surface area contributed by atoms with Crippen LogP contribution in [0.25, 0.3) is 0 Å². The van der Waals surface area contributed by atoms with Crippen molar-refractivity contribution >= 4 is 11.8 Å². The Morgan fingerprint density at radius 2 is 2.17 bits per heavy atom. The van der Waals surface area contributed by atoms with Crippen LogP contribution in [0.3, 0.4) is 0 Å². The van der Waals surface area contributed by atoms with Gasteiger partial charge in [-0.2, -0.15) is 4.98 Å². The molecule has 1 fully saturated rings. The van der Waals surface area contributed by atoms with Crippen LogP contribution in [0.5, 0.6) is 0 Å². The van der Waals surface area contributed by atoms with Crippen LogP contribution in [-0.2, 0) is 0 Å². The Balaban J connectivity index is 1.76. The molecule has 100 valence electrons. The lowest BCUT2D eigenvalue weighted by molar-refractivity contribution is 0.215. The van der Waals surface area contributed by atoms with Crippen molar-refractivity contribution in [3.8, 4) is 0 Å². The monoisotopic (exact) mass is 249 g/mol.